The van der Waals surface area contributed by atoms with Gasteiger partial charge >= 0.3 is 5.97 Å². The molecule has 0 aliphatic heterocycles. The van der Waals surface area contributed by atoms with E-state index in [4.69, 9.17) is 11.6 Å². The summed E-state index contributed by atoms with van der Waals surface area (Å²) >= 11 is 5.94. The minimum absolute atomic E-state index is 0.333. The molecular formula is C13H13ClN2O2. The molecule has 1 aromatic carbocycles. The Hall–Kier alpha value is -1.81. The molecule has 0 spiro atoms. The molecule has 2 aromatic rings. The molecule has 0 atom stereocenters. The Labute approximate surface area is 110 Å². The molecule has 0 fully saturated rings. The minimum Gasteiger partial charge on any atom is -0.465 e. The lowest BCUT2D eigenvalue weighted by Crippen LogP contribution is -2.05. The van der Waals surface area contributed by atoms with Crippen LogP contribution in [0.2, 0.25) is 5.02 Å². The van der Waals surface area contributed by atoms with Crippen molar-refractivity contribution >= 4 is 17.6 Å². The Morgan fingerprint density at radius 3 is 2.56 bits per heavy atom. The third kappa shape index (κ3) is 2.54. The van der Waals surface area contributed by atoms with E-state index in [2.05, 4.69) is 9.84 Å². The maximum Gasteiger partial charge on any atom is 0.337 e. The number of methoxy groups -OCH3 is 1. The highest BCUT2D eigenvalue weighted by atomic mass is 35.5. The third-order valence-corrected chi connectivity index (χ3v) is 3.12. The molecule has 0 saturated heterocycles. The number of halogens is 1. The van der Waals surface area contributed by atoms with Crippen LogP contribution in [0.3, 0.4) is 0 Å². The lowest BCUT2D eigenvalue weighted by Gasteiger charge is -2.05. The molecule has 18 heavy (non-hydrogen) atoms. The van der Waals surface area contributed by atoms with Gasteiger partial charge < -0.3 is 4.74 Å². The minimum atomic E-state index is -0.333. The second kappa shape index (κ2) is 5.23. The summed E-state index contributed by atoms with van der Waals surface area (Å²) < 4.78 is 6.46. The van der Waals surface area contributed by atoms with Crippen molar-refractivity contribution in [2.75, 3.05) is 7.11 Å². The molecule has 0 radical (unpaired) electrons. The summed E-state index contributed by atoms with van der Waals surface area (Å²) in [5.74, 6) is -0.333. The molecule has 0 bridgehead atoms. The summed E-state index contributed by atoms with van der Waals surface area (Å²) in [5.41, 5.74) is 2.51. The van der Waals surface area contributed by atoms with E-state index in [1.807, 2.05) is 23.7 Å². The Morgan fingerprint density at radius 2 is 2.06 bits per heavy atom. The first-order valence-electron chi connectivity index (χ1n) is 5.47. The molecule has 1 aromatic heterocycles. The van der Waals surface area contributed by atoms with Crippen molar-refractivity contribution in [3.8, 4) is 0 Å². The summed E-state index contributed by atoms with van der Waals surface area (Å²) in [6.07, 6.45) is 1.62. The monoisotopic (exact) mass is 264 g/mol. The van der Waals surface area contributed by atoms with Crippen molar-refractivity contribution < 1.29 is 9.53 Å². The van der Waals surface area contributed by atoms with Gasteiger partial charge in [0.1, 0.15) is 0 Å². The fraction of sp³-hybridized carbons (Fsp3) is 0.231. The van der Waals surface area contributed by atoms with Gasteiger partial charge in [-0.3, -0.25) is 4.68 Å². The van der Waals surface area contributed by atoms with Gasteiger partial charge in [-0.2, -0.15) is 5.10 Å². The van der Waals surface area contributed by atoms with Crippen LogP contribution >= 0.6 is 11.6 Å². The van der Waals surface area contributed by atoms with Crippen LogP contribution in [-0.2, 0) is 11.3 Å². The first kappa shape index (κ1) is 12.6. The van der Waals surface area contributed by atoms with Crippen LogP contribution in [0.1, 0.15) is 21.6 Å². The summed E-state index contributed by atoms with van der Waals surface area (Å²) in [4.78, 5) is 11.3. The highest BCUT2D eigenvalue weighted by Crippen LogP contribution is 2.15. The Morgan fingerprint density at radius 1 is 1.39 bits per heavy atom. The van der Waals surface area contributed by atoms with Gasteiger partial charge in [0.2, 0.25) is 0 Å². The van der Waals surface area contributed by atoms with Crippen molar-refractivity contribution in [1.82, 2.24) is 9.78 Å². The number of esters is 1. The molecule has 4 nitrogen and oxygen atoms in total. The number of carbonyl (C=O) groups is 1. The molecule has 0 N–H and O–H groups in total. The van der Waals surface area contributed by atoms with Gasteiger partial charge in [0.05, 0.1) is 36.1 Å². The summed E-state index contributed by atoms with van der Waals surface area (Å²) in [6.45, 7) is 2.54. The Bertz CT molecular complexity index is 561. The molecule has 0 unspecified atom stereocenters. The van der Waals surface area contributed by atoms with Gasteiger partial charge in [0.25, 0.3) is 0 Å². The first-order chi connectivity index (χ1) is 8.61. The van der Waals surface area contributed by atoms with E-state index in [0.717, 1.165) is 11.3 Å². The summed E-state index contributed by atoms with van der Waals surface area (Å²) in [6, 6.07) is 7.23. The largest absolute Gasteiger partial charge is 0.465 e. The summed E-state index contributed by atoms with van der Waals surface area (Å²) in [5, 5.41) is 4.83. The Kier molecular flexibility index (Phi) is 3.67. The maximum atomic E-state index is 11.3. The first-order valence-corrected chi connectivity index (χ1v) is 5.85. The van der Waals surface area contributed by atoms with Gasteiger partial charge in [0.15, 0.2) is 0 Å². The number of nitrogens with zero attached hydrogens (tertiary/aromatic N) is 2. The highest BCUT2D eigenvalue weighted by Gasteiger charge is 2.07. The summed E-state index contributed by atoms with van der Waals surface area (Å²) in [7, 11) is 1.37. The molecule has 0 aliphatic rings. The Balaban J connectivity index is 2.16. The quantitative estimate of drug-likeness (QED) is 0.801. The molecule has 0 saturated carbocycles. The fourth-order valence-electron chi connectivity index (χ4n) is 1.62. The SMILES string of the molecule is COC(=O)c1ccc(Cn2ncc(Cl)c2C)cc1. The number of rotatable bonds is 3. The van der Waals surface area contributed by atoms with E-state index in [-0.39, 0.29) is 5.97 Å². The zero-order chi connectivity index (χ0) is 13.1. The van der Waals surface area contributed by atoms with Crippen molar-refractivity contribution in [2.45, 2.75) is 13.5 Å². The van der Waals surface area contributed by atoms with E-state index < -0.39 is 0 Å². The average molecular weight is 265 g/mol. The van der Waals surface area contributed by atoms with E-state index in [9.17, 15) is 4.79 Å². The predicted octanol–water partition coefficient (Wildman–Crippen LogP) is 2.68. The number of benzene rings is 1. The molecular weight excluding hydrogens is 252 g/mol. The van der Waals surface area contributed by atoms with Crippen LogP contribution in [0.5, 0.6) is 0 Å². The number of carbonyl (C=O) groups excluding carboxylic acids is 1. The van der Waals surface area contributed by atoms with Gasteiger partial charge in [-0.25, -0.2) is 4.79 Å². The van der Waals surface area contributed by atoms with E-state index in [0.29, 0.717) is 17.1 Å². The van der Waals surface area contributed by atoms with Crippen molar-refractivity contribution in [2.24, 2.45) is 0 Å². The number of ether oxygens (including phenoxy) is 1. The van der Waals surface area contributed by atoms with E-state index >= 15 is 0 Å². The van der Waals surface area contributed by atoms with Gasteiger partial charge in [-0.05, 0) is 24.6 Å². The van der Waals surface area contributed by atoms with Gasteiger partial charge in [-0.1, -0.05) is 23.7 Å². The van der Waals surface area contributed by atoms with Crippen LogP contribution in [-0.4, -0.2) is 22.9 Å². The molecule has 2 rings (SSSR count). The number of hydrogen-bond acceptors (Lipinski definition) is 3. The zero-order valence-corrected chi connectivity index (χ0v) is 10.9. The highest BCUT2D eigenvalue weighted by molar-refractivity contribution is 6.31. The second-order valence-corrected chi connectivity index (χ2v) is 4.33. The van der Waals surface area contributed by atoms with Gasteiger partial charge in [0, 0.05) is 0 Å². The lowest BCUT2D eigenvalue weighted by atomic mass is 10.1. The molecule has 0 amide bonds. The number of hydrogen-bond donors (Lipinski definition) is 0. The number of aromatic nitrogens is 2. The lowest BCUT2D eigenvalue weighted by molar-refractivity contribution is 0.0600. The third-order valence-electron chi connectivity index (χ3n) is 2.75. The normalized spacial score (nSPS) is 10.4. The molecule has 1 heterocycles. The molecule has 94 valence electrons. The standard InChI is InChI=1S/C13H13ClN2O2/c1-9-12(14)7-15-16(9)8-10-3-5-11(6-4-10)13(17)18-2/h3-7H,8H2,1-2H3. The maximum absolute atomic E-state index is 11.3. The smallest absolute Gasteiger partial charge is 0.337 e. The van der Waals surface area contributed by atoms with Crippen LogP contribution in [0.4, 0.5) is 0 Å². The van der Waals surface area contributed by atoms with Crippen LogP contribution in [0, 0.1) is 6.92 Å². The van der Waals surface area contributed by atoms with Crippen molar-refractivity contribution in [3.05, 3.63) is 52.3 Å². The fourth-order valence-corrected chi connectivity index (χ4v) is 1.76. The van der Waals surface area contributed by atoms with Gasteiger partial charge in [-0.15, -0.1) is 0 Å². The van der Waals surface area contributed by atoms with Crippen LogP contribution in [0.25, 0.3) is 0 Å². The van der Waals surface area contributed by atoms with Crippen molar-refractivity contribution in [3.63, 3.8) is 0 Å². The van der Waals surface area contributed by atoms with E-state index in [1.54, 1.807) is 18.3 Å². The topological polar surface area (TPSA) is 44.1 Å². The van der Waals surface area contributed by atoms with Crippen molar-refractivity contribution in [1.29, 1.82) is 0 Å². The van der Waals surface area contributed by atoms with Crippen LogP contribution in [0.15, 0.2) is 30.5 Å². The predicted molar refractivity (Wildman–Crippen MR) is 68.9 cm³/mol. The second-order valence-electron chi connectivity index (χ2n) is 3.92. The molecule has 0 aliphatic carbocycles. The van der Waals surface area contributed by atoms with Crippen LogP contribution < -0.4 is 0 Å². The molecule has 5 heteroatoms. The van der Waals surface area contributed by atoms with E-state index in [1.165, 1.54) is 7.11 Å². The average Bonchev–Trinajstić information content (AvgIpc) is 2.71. The zero-order valence-electron chi connectivity index (χ0n) is 10.2.